The molecule has 1 unspecified atom stereocenters. The van der Waals surface area contributed by atoms with E-state index in [4.69, 9.17) is 4.74 Å². The van der Waals surface area contributed by atoms with E-state index in [9.17, 15) is 9.18 Å². The van der Waals surface area contributed by atoms with Crippen LogP contribution in [-0.4, -0.2) is 25.8 Å². The van der Waals surface area contributed by atoms with Crippen molar-refractivity contribution in [2.45, 2.75) is 26.3 Å². The molecule has 0 saturated heterocycles. The van der Waals surface area contributed by atoms with Gasteiger partial charge in [-0.1, -0.05) is 0 Å². The van der Waals surface area contributed by atoms with Crippen molar-refractivity contribution < 1.29 is 13.9 Å². The van der Waals surface area contributed by atoms with Gasteiger partial charge in [0.1, 0.15) is 5.82 Å². The lowest BCUT2D eigenvalue weighted by molar-refractivity contribution is 0.185. The van der Waals surface area contributed by atoms with Crippen molar-refractivity contribution in [1.29, 1.82) is 0 Å². The van der Waals surface area contributed by atoms with Gasteiger partial charge in [-0.2, -0.15) is 0 Å². The van der Waals surface area contributed by atoms with Gasteiger partial charge in [0.05, 0.1) is 0 Å². The number of nitrogens with one attached hydrogen (secondary N) is 2. The molecule has 1 atom stereocenters. The summed E-state index contributed by atoms with van der Waals surface area (Å²) in [7, 11) is 1.62. The quantitative estimate of drug-likeness (QED) is 0.848. The van der Waals surface area contributed by atoms with E-state index in [1.165, 1.54) is 12.1 Å². The Labute approximate surface area is 107 Å². The summed E-state index contributed by atoms with van der Waals surface area (Å²) in [5.41, 5.74) is 1.07. The second-order valence-electron chi connectivity index (χ2n) is 4.24. The standard InChI is InChI=1S/C13H19FN2O2/c1-9-8-11(4-5-12(9)14)16-13(17)15-10(2)6-7-18-3/h4-5,8,10H,6-7H2,1-3H3,(H2,15,16,17). The number of amides is 2. The van der Waals surface area contributed by atoms with Crippen LogP contribution in [0.5, 0.6) is 0 Å². The topological polar surface area (TPSA) is 50.4 Å². The molecule has 1 aromatic rings. The second kappa shape index (κ2) is 6.96. The molecule has 0 aromatic heterocycles. The summed E-state index contributed by atoms with van der Waals surface area (Å²) in [6.07, 6.45) is 0.742. The number of carbonyl (C=O) groups is 1. The predicted molar refractivity (Wildman–Crippen MR) is 69.2 cm³/mol. The molecule has 5 heteroatoms. The summed E-state index contributed by atoms with van der Waals surface area (Å²) < 4.78 is 18.0. The third kappa shape index (κ3) is 4.71. The van der Waals surface area contributed by atoms with Crippen LogP contribution in [-0.2, 0) is 4.74 Å². The highest BCUT2D eigenvalue weighted by atomic mass is 19.1. The molecule has 100 valence electrons. The number of methoxy groups -OCH3 is 1. The molecule has 0 aliphatic rings. The first-order chi connectivity index (χ1) is 8.52. The van der Waals surface area contributed by atoms with E-state index in [-0.39, 0.29) is 17.9 Å². The molecule has 0 aliphatic heterocycles. The molecular weight excluding hydrogens is 235 g/mol. The number of rotatable bonds is 5. The second-order valence-corrected chi connectivity index (χ2v) is 4.24. The maximum atomic E-state index is 13.0. The molecule has 0 aliphatic carbocycles. The van der Waals surface area contributed by atoms with Gasteiger partial charge >= 0.3 is 6.03 Å². The Morgan fingerprint density at radius 1 is 1.50 bits per heavy atom. The number of benzene rings is 1. The lowest BCUT2D eigenvalue weighted by Gasteiger charge is -2.14. The third-order valence-electron chi connectivity index (χ3n) is 2.55. The molecule has 1 aromatic carbocycles. The number of aryl methyl sites for hydroxylation is 1. The zero-order valence-corrected chi connectivity index (χ0v) is 10.9. The van der Waals surface area contributed by atoms with Gasteiger partial charge in [-0.15, -0.1) is 0 Å². The van der Waals surface area contributed by atoms with Crippen LogP contribution in [0.15, 0.2) is 18.2 Å². The van der Waals surface area contributed by atoms with E-state index in [1.807, 2.05) is 6.92 Å². The van der Waals surface area contributed by atoms with Crippen molar-refractivity contribution in [3.63, 3.8) is 0 Å². The zero-order chi connectivity index (χ0) is 13.5. The molecule has 2 amide bonds. The maximum absolute atomic E-state index is 13.0. The molecule has 0 spiro atoms. The average Bonchev–Trinajstić information content (AvgIpc) is 2.31. The molecule has 1 rings (SSSR count). The van der Waals surface area contributed by atoms with Crippen molar-refractivity contribution in [3.8, 4) is 0 Å². The number of halogens is 1. The highest BCUT2D eigenvalue weighted by Gasteiger charge is 2.07. The van der Waals surface area contributed by atoms with Gasteiger partial charge in [0.25, 0.3) is 0 Å². The molecule has 0 bridgehead atoms. The van der Waals surface area contributed by atoms with Gasteiger partial charge in [0.15, 0.2) is 0 Å². The van der Waals surface area contributed by atoms with Crippen LogP contribution in [0.2, 0.25) is 0 Å². The lowest BCUT2D eigenvalue weighted by atomic mass is 10.2. The van der Waals surface area contributed by atoms with Gasteiger partial charge in [-0.3, -0.25) is 0 Å². The molecular formula is C13H19FN2O2. The summed E-state index contributed by atoms with van der Waals surface area (Å²) in [5, 5.41) is 5.43. The van der Waals surface area contributed by atoms with Gasteiger partial charge in [-0.05, 0) is 44.0 Å². The minimum Gasteiger partial charge on any atom is -0.385 e. The van der Waals surface area contributed by atoms with Crippen LogP contribution in [0.3, 0.4) is 0 Å². The lowest BCUT2D eigenvalue weighted by Crippen LogP contribution is -2.36. The van der Waals surface area contributed by atoms with Crippen molar-refractivity contribution >= 4 is 11.7 Å². The SMILES string of the molecule is COCCC(C)NC(=O)Nc1ccc(F)c(C)c1. The number of anilines is 1. The van der Waals surface area contributed by atoms with E-state index in [0.717, 1.165) is 6.42 Å². The largest absolute Gasteiger partial charge is 0.385 e. The summed E-state index contributed by atoms with van der Waals surface area (Å²) in [4.78, 5) is 11.6. The average molecular weight is 254 g/mol. The predicted octanol–water partition coefficient (Wildman–Crippen LogP) is 2.68. The Morgan fingerprint density at radius 2 is 2.22 bits per heavy atom. The first kappa shape index (κ1) is 14.4. The number of ether oxygens (including phenoxy) is 1. The van der Waals surface area contributed by atoms with Crippen LogP contribution < -0.4 is 10.6 Å². The fraction of sp³-hybridized carbons (Fsp3) is 0.462. The van der Waals surface area contributed by atoms with Crippen LogP contribution in [0.25, 0.3) is 0 Å². The molecule has 18 heavy (non-hydrogen) atoms. The first-order valence-electron chi connectivity index (χ1n) is 5.85. The third-order valence-corrected chi connectivity index (χ3v) is 2.55. The Hall–Kier alpha value is -1.62. The number of carbonyl (C=O) groups excluding carboxylic acids is 1. The van der Waals surface area contributed by atoms with Crippen LogP contribution in [0.1, 0.15) is 18.9 Å². The Balaban J connectivity index is 2.46. The zero-order valence-electron chi connectivity index (χ0n) is 10.9. The van der Waals surface area contributed by atoms with Gasteiger partial charge < -0.3 is 15.4 Å². The van der Waals surface area contributed by atoms with Crippen molar-refractivity contribution in [2.75, 3.05) is 19.0 Å². The molecule has 0 fully saturated rings. The van der Waals surface area contributed by atoms with Crippen LogP contribution in [0, 0.1) is 12.7 Å². The van der Waals surface area contributed by atoms with E-state index in [2.05, 4.69) is 10.6 Å². The van der Waals surface area contributed by atoms with Crippen LogP contribution in [0.4, 0.5) is 14.9 Å². The molecule has 4 nitrogen and oxygen atoms in total. The van der Waals surface area contributed by atoms with E-state index in [0.29, 0.717) is 17.9 Å². The van der Waals surface area contributed by atoms with Crippen molar-refractivity contribution in [1.82, 2.24) is 5.32 Å². The smallest absolute Gasteiger partial charge is 0.319 e. The van der Waals surface area contributed by atoms with E-state index in [1.54, 1.807) is 20.1 Å². The van der Waals surface area contributed by atoms with E-state index < -0.39 is 0 Å². The molecule has 0 heterocycles. The van der Waals surface area contributed by atoms with Crippen LogP contribution >= 0.6 is 0 Å². The first-order valence-corrected chi connectivity index (χ1v) is 5.85. The van der Waals surface area contributed by atoms with Gasteiger partial charge in [-0.25, -0.2) is 9.18 Å². The maximum Gasteiger partial charge on any atom is 0.319 e. The summed E-state index contributed by atoms with van der Waals surface area (Å²) >= 11 is 0. The Kier molecular flexibility index (Phi) is 5.58. The molecule has 0 radical (unpaired) electrons. The van der Waals surface area contributed by atoms with E-state index >= 15 is 0 Å². The normalized spacial score (nSPS) is 12.0. The summed E-state index contributed by atoms with van der Waals surface area (Å²) in [5.74, 6) is -0.283. The number of hydrogen-bond acceptors (Lipinski definition) is 2. The highest BCUT2D eigenvalue weighted by molar-refractivity contribution is 5.89. The minimum absolute atomic E-state index is 0.0199. The fourth-order valence-corrected chi connectivity index (χ4v) is 1.48. The Morgan fingerprint density at radius 3 is 2.83 bits per heavy atom. The number of hydrogen-bond donors (Lipinski definition) is 2. The summed E-state index contributed by atoms with van der Waals surface area (Å²) in [6.45, 7) is 4.14. The van der Waals surface area contributed by atoms with Gasteiger partial charge in [0.2, 0.25) is 0 Å². The molecule has 2 N–H and O–H groups in total. The highest BCUT2D eigenvalue weighted by Crippen LogP contribution is 2.13. The van der Waals surface area contributed by atoms with Crippen molar-refractivity contribution in [3.05, 3.63) is 29.6 Å². The fourth-order valence-electron chi connectivity index (χ4n) is 1.48. The minimum atomic E-state index is -0.301. The monoisotopic (exact) mass is 254 g/mol. The van der Waals surface area contributed by atoms with Gasteiger partial charge in [0, 0.05) is 25.4 Å². The summed E-state index contributed by atoms with van der Waals surface area (Å²) in [6, 6.07) is 4.17. The Bertz CT molecular complexity index is 410. The van der Waals surface area contributed by atoms with Crippen molar-refractivity contribution in [2.24, 2.45) is 0 Å². The number of urea groups is 1. The molecule has 0 saturated carbocycles.